The first-order valence-electron chi connectivity index (χ1n) is 19.1. The van der Waals surface area contributed by atoms with Crippen molar-refractivity contribution >= 4 is 50.8 Å². The number of hydrogen-bond donors (Lipinski definition) is 0. The molecule has 7 heteroatoms. The Bertz CT molecular complexity index is 2560. The molecule has 4 aromatic heterocycles. The van der Waals surface area contributed by atoms with Gasteiger partial charge < -0.3 is 8.98 Å². The third-order valence-corrected chi connectivity index (χ3v) is 14.6. The van der Waals surface area contributed by atoms with Gasteiger partial charge in [-0.1, -0.05) is 56.0 Å². The quantitative estimate of drug-likeness (QED) is 0.118. The molecule has 1 unspecified atom stereocenters. The summed E-state index contributed by atoms with van der Waals surface area (Å²) in [5.41, 5.74) is 11.3. The number of benzene rings is 4. The Morgan fingerprint density at radius 2 is 1.58 bits per heavy atom. The second kappa shape index (κ2) is 16.4. The van der Waals surface area contributed by atoms with Gasteiger partial charge in [-0.05, 0) is 54.3 Å². The molecule has 0 bridgehead atoms. The first kappa shape index (κ1) is 40.3. The van der Waals surface area contributed by atoms with Gasteiger partial charge in [0, 0.05) is 36.9 Å². The molecular formula is C48H50GeIrN4O-2. The predicted molar refractivity (Wildman–Crippen MR) is 228 cm³/mol. The van der Waals surface area contributed by atoms with Crippen molar-refractivity contribution in [2.75, 3.05) is 0 Å². The largest absolute Gasteiger partial charge is 0.486 e. The van der Waals surface area contributed by atoms with E-state index in [4.69, 9.17) is 14.4 Å². The Kier molecular flexibility index (Phi) is 12.0. The van der Waals surface area contributed by atoms with Crippen LogP contribution < -0.4 is 4.40 Å². The van der Waals surface area contributed by atoms with Crippen LogP contribution >= 0.6 is 0 Å². The van der Waals surface area contributed by atoms with Crippen molar-refractivity contribution in [1.82, 2.24) is 19.5 Å². The molecule has 283 valence electrons. The molecule has 0 N–H and O–H groups in total. The van der Waals surface area contributed by atoms with Crippen molar-refractivity contribution in [3.05, 3.63) is 138 Å². The standard InChI is InChI=1S/C29H24N3O.C19H26GeN.Ir/c1-18-12-17-22-21-8-7-9-23(26(21)33-28(22)30-18)27-31-24-10-5-6-11-25(24)32(27)20-15-13-19(14-16-20)29(2,3)4;1-6-15(2)12-17-13-19(16-10-8-7-9-11-16)21-14-18(17)20(3,4)5;/h5-8,10-17H,1-4H3;7-10,13-15H,6,12H2,1-5H3;/q2*-1;. The average molecular weight is 964 g/mol. The first-order chi connectivity index (χ1) is 25.8. The van der Waals surface area contributed by atoms with E-state index in [1.165, 1.54) is 17.5 Å². The molecule has 0 aliphatic rings. The number of furan rings is 1. The minimum absolute atomic E-state index is 0. The number of aryl methyl sites for hydroxylation is 1. The SMILES string of the molecule is CCC(C)Cc1cc(-c2[c-]cccc2)nc[c]1[Ge]([CH3])([CH3])[CH3].Cc1ccc2c(n1)oc1c(-c3nc4ccccc4n3-c3ccc(C(C)(C)C)cc3)[c-]ccc12.[Ir]. The van der Waals surface area contributed by atoms with Gasteiger partial charge in [0.2, 0.25) is 5.71 Å². The topological polar surface area (TPSA) is 56.7 Å². The summed E-state index contributed by atoms with van der Waals surface area (Å²) in [7, 11) is 0. The number of fused-ring (bicyclic) bond motifs is 4. The number of para-hydroxylation sites is 2. The molecule has 0 aliphatic carbocycles. The van der Waals surface area contributed by atoms with E-state index in [1.54, 1.807) is 4.40 Å². The summed E-state index contributed by atoms with van der Waals surface area (Å²) in [6.07, 6.45) is 4.54. The maximum absolute atomic E-state index is 6.27. The van der Waals surface area contributed by atoms with Crippen LogP contribution in [0.1, 0.15) is 57.9 Å². The summed E-state index contributed by atoms with van der Waals surface area (Å²) in [4.78, 5) is 14.3. The molecule has 55 heavy (non-hydrogen) atoms. The summed E-state index contributed by atoms with van der Waals surface area (Å²) in [6.45, 7) is 13.3. The van der Waals surface area contributed by atoms with Crippen molar-refractivity contribution in [2.45, 2.75) is 77.1 Å². The van der Waals surface area contributed by atoms with E-state index in [0.29, 0.717) is 5.71 Å². The molecule has 1 atom stereocenters. The van der Waals surface area contributed by atoms with Crippen molar-refractivity contribution in [3.63, 3.8) is 0 Å². The van der Waals surface area contributed by atoms with Crippen LogP contribution in [0.5, 0.6) is 0 Å². The number of rotatable bonds is 7. The summed E-state index contributed by atoms with van der Waals surface area (Å²) in [5, 5.41) is 2.02. The fraction of sp³-hybridized carbons (Fsp3) is 0.271. The molecule has 8 aromatic rings. The number of imidazole rings is 1. The van der Waals surface area contributed by atoms with Gasteiger partial charge in [0.25, 0.3) is 0 Å². The maximum atomic E-state index is 6.27. The van der Waals surface area contributed by atoms with Crippen LogP contribution in [0.25, 0.3) is 61.4 Å². The van der Waals surface area contributed by atoms with E-state index in [0.717, 1.165) is 73.8 Å². The van der Waals surface area contributed by atoms with Gasteiger partial charge in [0.15, 0.2) is 0 Å². The van der Waals surface area contributed by atoms with Gasteiger partial charge in [-0.3, -0.25) is 4.98 Å². The zero-order chi connectivity index (χ0) is 38.2. The van der Waals surface area contributed by atoms with Crippen molar-refractivity contribution < 1.29 is 24.5 Å². The zero-order valence-corrected chi connectivity index (χ0v) is 37.9. The van der Waals surface area contributed by atoms with Crippen molar-refractivity contribution in [3.8, 4) is 28.3 Å². The minimum atomic E-state index is -1.87. The first-order valence-corrected chi connectivity index (χ1v) is 26.4. The van der Waals surface area contributed by atoms with E-state index < -0.39 is 13.3 Å². The number of nitrogens with zero attached hydrogens (tertiary/aromatic N) is 4. The summed E-state index contributed by atoms with van der Waals surface area (Å²) >= 11 is -1.87. The smallest absolute Gasteiger partial charge is 0.216 e. The Labute approximate surface area is 342 Å². The summed E-state index contributed by atoms with van der Waals surface area (Å²) < 4.78 is 10.0. The molecule has 0 spiro atoms. The van der Waals surface area contributed by atoms with Crippen LogP contribution in [0.4, 0.5) is 0 Å². The maximum Gasteiger partial charge on any atom is 0.216 e. The van der Waals surface area contributed by atoms with Crippen molar-refractivity contribution in [1.29, 1.82) is 0 Å². The van der Waals surface area contributed by atoms with Crippen LogP contribution in [0.15, 0.2) is 114 Å². The van der Waals surface area contributed by atoms with E-state index in [-0.39, 0.29) is 25.5 Å². The molecule has 4 heterocycles. The Hall–Kier alpha value is -4.36. The van der Waals surface area contributed by atoms with Crippen LogP contribution in [-0.4, -0.2) is 32.8 Å². The fourth-order valence-electron chi connectivity index (χ4n) is 7.01. The summed E-state index contributed by atoms with van der Waals surface area (Å²) in [6, 6.07) is 42.1. The van der Waals surface area contributed by atoms with Gasteiger partial charge >= 0.3 is 132 Å². The summed E-state index contributed by atoms with van der Waals surface area (Å²) in [5.74, 6) is 8.88. The molecule has 8 rings (SSSR count). The Morgan fingerprint density at radius 1 is 0.836 bits per heavy atom. The second-order valence-electron chi connectivity index (χ2n) is 16.5. The molecular weight excluding hydrogens is 913 g/mol. The molecule has 0 saturated carbocycles. The van der Waals surface area contributed by atoms with E-state index in [1.807, 2.05) is 55.5 Å². The van der Waals surface area contributed by atoms with Crippen LogP contribution in [0, 0.1) is 25.0 Å². The second-order valence-corrected chi connectivity index (χ2v) is 27.1. The molecule has 0 amide bonds. The predicted octanol–water partition coefficient (Wildman–Crippen LogP) is 12.1. The van der Waals surface area contributed by atoms with Gasteiger partial charge in [-0.15, -0.1) is 18.2 Å². The third-order valence-electron chi connectivity index (χ3n) is 10.3. The Morgan fingerprint density at radius 3 is 2.27 bits per heavy atom. The average Bonchev–Trinajstić information content (AvgIpc) is 3.73. The number of hydrogen-bond acceptors (Lipinski definition) is 4. The van der Waals surface area contributed by atoms with E-state index >= 15 is 0 Å². The van der Waals surface area contributed by atoms with Crippen molar-refractivity contribution in [2.24, 2.45) is 5.92 Å². The number of aromatic nitrogens is 4. The van der Waals surface area contributed by atoms with Gasteiger partial charge in [0.1, 0.15) is 0 Å². The Balaban J connectivity index is 0.000000204. The van der Waals surface area contributed by atoms with E-state index in [2.05, 4.69) is 134 Å². The zero-order valence-electron chi connectivity index (χ0n) is 33.4. The molecule has 5 nitrogen and oxygen atoms in total. The number of pyridine rings is 2. The third kappa shape index (κ3) is 8.57. The minimum Gasteiger partial charge on any atom is -0.486 e. The van der Waals surface area contributed by atoms with Crippen LogP contribution in [-0.2, 0) is 31.9 Å². The van der Waals surface area contributed by atoms with E-state index in [9.17, 15) is 0 Å². The van der Waals surface area contributed by atoms with Gasteiger partial charge in [0.05, 0.1) is 22.4 Å². The molecule has 0 saturated heterocycles. The molecule has 4 aromatic carbocycles. The monoisotopic (exact) mass is 965 g/mol. The normalized spacial score (nSPS) is 12.4. The van der Waals surface area contributed by atoms with Gasteiger partial charge in [-0.25, -0.2) is 4.98 Å². The fourth-order valence-corrected chi connectivity index (χ4v) is 10.3. The molecule has 0 aliphatic heterocycles. The van der Waals surface area contributed by atoms with Crippen LogP contribution in [0.2, 0.25) is 17.3 Å². The van der Waals surface area contributed by atoms with Crippen LogP contribution in [0.3, 0.4) is 0 Å². The molecule has 0 fully saturated rings. The van der Waals surface area contributed by atoms with Gasteiger partial charge in [-0.2, -0.15) is 0 Å². The molecule has 1 radical (unpaired) electrons.